The first-order valence-electron chi connectivity index (χ1n) is 32.5. The first kappa shape index (κ1) is 74.2. The number of aromatic nitrogens is 6. The molecular formula is C66H102F2N14O10. The predicted molar refractivity (Wildman–Crippen MR) is 348 cm³/mol. The highest BCUT2D eigenvalue weighted by atomic mass is 19.1. The number of carbonyl (C=O) groups is 4. The fourth-order valence-electron chi connectivity index (χ4n) is 13.2. The Kier molecular flexibility index (Phi) is 28.1. The number of carbonyl (C=O) groups excluding carboxylic acids is 2. The molecule has 26 heteroatoms. The number of rotatable bonds is 30. The first-order valence-corrected chi connectivity index (χ1v) is 32.5. The van der Waals surface area contributed by atoms with Crippen molar-refractivity contribution in [1.29, 1.82) is 0 Å². The quantitative estimate of drug-likeness (QED) is 0.0466. The van der Waals surface area contributed by atoms with Gasteiger partial charge in [-0.3, -0.25) is 19.4 Å². The summed E-state index contributed by atoms with van der Waals surface area (Å²) in [6.07, 6.45) is 9.70. The number of amides is 2. The maximum Gasteiger partial charge on any atom is 0.414 e. The SMILES string of the molecule is CCN(C(=O)c1cc(F)ccc1Oc1nncnc1N1CCC2(C1)CN([C@H](CCCN(C)CCOC)C(C)C)C2)C(C)C.CCN(C(=O)c1cc(F)ccc1Oc1nncnc1N1CCC2(C1)CN([C@H](CCCN(C)CCOC)C(C)C)C2)C(C)C.O=C(O)C(=O)O. The monoisotopic (exact) mass is 1290 g/mol. The van der Waals surface area contributed by atoms with Gasteiger partial charge in [-0.05, 0) is 155 Å². The zero-order valence-corrected chi connectivity index (χ0v) is 56.8. The maximum atomic E-state index is 14.3. The molecule has 0 bridgehead atoms. The Balaban J connectivity index is 0.000000268. The van der Waals surface area contributed by atoms with Crippen molar-refractivity contribution in [1.82, 2.24) is 59.8 Å². The Morgan fingerprint density at radius 3 is 1.26 bits per heavy atom. The summed E-state index contributed by atoms with van der Waals surface area (Å²) in [7, 11) is 7.82. The third kappa shape index (κ3) is 20.1. The molecule has 4 fully saturated rings. The van der Waals surface area contributed by atoms with E-state index in [2.05, 4.69) is 102 Å². The molecule has 2 aromatic carbocycles. The summed E-state index contributed by atoms with van der Waals surface area (Å²) in [5.74, 6) is -1.91. The number of carboxylic acid groups (broad SMARTS) is 2. The molecule has 2 aromatic heterocycles. The van der Waals surface area contributed by atoms with Crippen LogP contribution in [0.15, 0.2) is 49.1 Å². The highest BCUT2D eigenvalue weighted by Gasteiger charge is 2.52. The second-order valence-electron chi connectivity index (χ2n) is 26.3. The molecule has 4 aliphatic heterocycles. The van der Waals surface area contributed by atoms with Crippen molar-refractivity contribution in [3.8, 4) is 23.3 Å². The molecule has 4 aliphatic rings. The number of nitrogens with zero attached hydrogens (tertiary/aromatic N) is 14. The van der Waals surface area contributed by atoms with E-state index < -0.39 is 23.6 Å². The second kappa shape index (κ2) is 34.9. The Hall–Kier alpha value is -6.84. The molecule has 2 spiro atoms. The normalized spacial score (nSPS) is 16.6. The van der Waals surface area contributed by atoms with Gasteiger partial charge >= 0.3 is 11.9 Å². The van der Waals surface area contributed by atoms with E-state index in [-0.39, 0.29) is 69.1 Å². The van der Waals surface area contributed by atoms with Gasteiger partial charge in [0, 0.05) is 128 Å². The molecule has 0 aliphatic carbocycles. The largest absolute Gasteiger partial charge is 0.473 e. The number of ether oxygens (including phenoxy) is 4. The second-order valence-corrected chi connectivity index (χ2v) is 26.3. The summed E-state index contributed by atoms with van der Waals surface area (Å²) in [6.45, 7) is 35.1. The molecule has 6 heterocycles. The minimum Gasteiger partial charge on any atom is -0.473 e. The third-order valence-electron chi connectivity index (χ3n) is 18.1. The fraction of sp³-hybridized carbons (Fsp3) is 0.667. The van der Waals surface area contributed by atoms with Gasteiger partial charge in [-0.25, -0.2) is 28.3 Å². The summed E-state index contributed by atoms with van der Waals surface area (Å²) in [4.78, 5) is 71.7. The molecule has 0 unspecified atom stereocenters. The molecule has 2 amide bonds. The van der Waals surface area contributed by atoms with E-state index in [4.69, 9.17) is 38.7 Å². The number of hydrogen-bond acceptors (Lipinski definition) is 20. The summed E-state index contributed by atoms with van der Waals surface area (Å²) in [5.41, 5.74) is 0.731. The van der Waals surface area contributed by atoms with Crippen LogP contribution in [0.5, 0.6) is 23.3 Å². The van der Waals surface area contributed by atoms with Crippen LogP contribution in [0.1, 0.15) is 128 Å². The molecule has 4 saturated heterocycles. The van der Waals surface area contributed by atoms with E-state index in [9.17, 15) is 18.4 Å². The summed E-state index contributed by atoms with van der Waals surface area (Å²) in [6, 6.07) is 9.04. The maximum absolute atomic E-state index is 14.3. The number of likely N-dealkylation sites (tertiary alicyclic amines) is 2. The lowest BCUT2D eigenvalue weighted by Crippen LogP contribution is -2.62. The van der Waals surface area contributed by atoms with Gasteiger partial charge < -0.3 is 58.6 Å². The Morgan fingerprint density at radius 1 is 0.576 bits per heavy atom. The van der Waals surface area contributed by atoms with Crippen molar-refractivity contribution < 1.29 is 57.1 Å². The fourth-order valence-corrected chi connectivity index (χ4v) is 13.2. The molecule has 92 heavy (non-hydrogen) atoms. The molecule has 8 rings (SSSR count). The number of carboxylic acids is 2. The topological polar surface area (TPSA) is 249 Å². The Morgan fingerprint density at radius 2 is 0.946 bits per heavy atom. The molecule has 510 valence electrons. The third-order valence-corrected chi connectivity index (χ3v) is 18.1. The van der Waals surface area contributed by atoms with E-state index in [0.29, 0.717) is 48.6 Å². The van der Waals surface area contributed by atoms with E-state index in [1.165, 1.54) is 74.7 Å². The van der Waals surface area contributed by atoms with E-state index >= 15 is 0 Å². The molecule has 4 aromatic rings. The van der Waals surface area contributed by atoms with E-state index in [1.807, 2.05) is 41.5 Å². The van der Waals surface area contributed by atoms with Gasteiger partial charge in [-0.2, -0.15) is 0 Å². The smallest absolute Gasteiger partial charge is 0.414 e. The molecule has 24 nitrogen and oxygen atoms in total. The zero-order chi connectivity index (χ0) is 67.5. The highest BCUT2D eigenvalue weighted by Crippen LogP contribution is 2.47. The lowest BCUT2D eigenvalue weighted by Gasteiger charge is -2.53. The van der Waals surface area contributed by atoms with Crippen LogP contribution in [0.2, 0.25) is 0 Å². The molecule has 0 saturated carbocycles. The van der Waals surface area contributed by atoms with Crippen LogP contribution in [-0.2, 0) is 19.1 Å². The number of hydrogen-bond donors (Lipinski definition) is 2. The molecule has 0 radical (unpaired) electrons. The van der Waals surface area contributed by atoms with Crippen LogP contribution in [0.3, 0.4) is 0 Å². The molecule has 2 atom stereocenters. The van der Waals surface area contributed by atoms with Crippen molar-refractivity contribution >= 4 is 35.4 Å². The number of anilines is 2. The van der Waals surface area contributed by atoms with Gasteiger partial charge in [0.2, 0.25) is 0 Å². The van der Waals surface area contributed by atoms with Crippen molar-refractivity contribution in [2.45, 2.75) is 132 Å². The van der Waals surface area contributed by atoms with Crippen LogP contribution < -0.4 is 19.3 Å². The lowest BCUT2D eigenvalue weighted by atomic mass is 9.76. The standard InChI is InChI=1S/2C32H50FN7O3.C2H2O4/c2*1-8-40(24(4)5)31(41)26-18-25(33)11-12-28(26)43-30-29(34-22-35-36-30)38-15-13-32(19-38)20-39(21-32)27(23(2)3)10-9-14-37(6)16-17-42-7;3-1(4)2(5)6/h2*11-12,18,22-24,27H,8-10,13-17,19-21H2,1-7H3;(H,3,4)(H,5,6)/t2*27-;/m11./s1. The van der Waals surface area contributed by atoms with Gasteiger partial charge in [-0.1, -0.05) is 27.7 Å². The predicted octanol–water partition coefficient (Wildman–Crippen LogP) is 8.29. The van der Waals surface area contributed by atoms with Crippen LogP contribution in [0.4, 0.5) is 20.4 Å². The lowest BCUT2D eigenvalue weighted by molar-refractivity contribution is -0.159. The first-order chi connectivity index (χ1) is 43.8. The van der Waals surface area contributed by atoms with Gasteiger partial charge in [0.25, 0.3) is 23.6 Å². The van der Waals surface area contributed by atoms with Crippen LogP contribution in [0, 0.1) is 34.3 Å². The van der Waals surface area contributed by atoms with Gasteiger partial charge in [0.1, 0.15) is 35.8 Å². The van der Waals surface area contributed by atoms with E-state index in [1.54, 1.807) is 24.0 Å². The van der Waals surface area contributed by atoms with Gasteiger partial charge in [0.05, 0.1) is 24.3 Å². The number of benzene rings is 2. The number of methoxy groups -OCH3 is 2. The van der Waals surface area contributed by atoms with Crippen molar-refractivity contribution in [3.05, 3.63) is 71.8 Å². The number of halogens is 2. The minimum atomic E-state index is -1.82. The average Bonchev–Trinajstić information content (AvgIpc) is 1.56. The van der Waals surface area contributed by atoms with Crippen molar-refractivity contribution in [2.75, 3.05) is 143 Å². The molecule has 2 N–H and O–H groups in total. The highest BCUT2D eigenvalue weighted by molar-refractivity contribution is 6.27. The number of aliphatic carboxylic acids is 2. The van der Waals surface area contributed by atoms with Crippen LogP contribution in [0.25, 0.3) is 0 Å². The van der Waals surface area contributed by atoms with Crippen LogP contribution >= 0.6 is 0 Å². The Bertz CT molecular complexity index is 2810. The minimum absolute atomic E-state index is 0.0391. The van der Waals surface area contributed by atoms with Crippen molar-refractivity contribution in [2.24, 2.45) is 22.7 Å². The van der Waals surface area contributed by atoms with Gasteiger partial charge in [-0.15, -0.1) is 20.4 Å². The number of likely N-dealkylation sites (N-methyl/N-ethyl adjacent to an activating group) is 2. The molecular weight excluding hydrogens is 1190 g/mol. The summed E-state index contributed by atoms with van der Waals surface area (Å²) in [5, 5.41) is 31.2. The summed E-state index contributed by atoms with van der Waals surface area (Å²) < 4.78 is 51.3. The van der Waals surface area contributed by atoms with E-state index in [0.717, 1.165) is 105 Å². The summed E-state index contributed by atoms with van der Waals surface area (Å²) >= 11 is 0. The van der Waals surface area contributed by atoms with Gasteiger partial charge in [0.15, 0.2) is 11.6 Å². The Labute approximate surface area is 542 Å². The zero-order valence-electron chi connectivity index (χ0n) is 56.8. The average molecular weight is 1290 g/mol. The van der Waals surface area contributed by atoms with Crippen molar-refractivity contribution in [3.63, 3.8) is 0 Å². The van der Waals surface area contributed by atoms with Crippen LogP contribution in [-0.4, -0.2) is 251 Å².